The van der Waals surface area contributed by atoms with Crippen molar-refractivity contribution in [3.63, 3.8) is 0 Å². The van der Waals surface area contributed by atoms with Crippen LogP contribution in [0.25, 0.3) is 0 Å². The van der Waals surface area contributed by atoms with Crippen molar-refractivity contribution in [3.05, 3.63) is 24.3 Å². The molecule has 0 fully saturated rings. The van der Waals surface area contributed by atoms with Gasteiger partial charge in [-0.05, 0) is 27.9 Å². The van der Waals surface area contributed by atoms with Crippen LogP contribution in [0.15, 0.2) is 24.3 Å². The van der Waals surface area contributed by atoms with E-state index in [1.54, 1.807) is 13.8 Å². The molecule has 5 heteroatoms. The SMILES string of the molecule is C=C(C)C(=O)OC.C=C(C)C(=O)OCCN(C)C. The van der Waals surface area contributed by atoms with E-state index in [9.17, 15) is 9.59 Å². The topological polar surface area (TPSA) is 55.8 Å². The van der Waals surface area contributed by atoms with Crippen molar-refractivity contribution in [1.29, 1.82) is 0 Å². The molecule has 0 aliphatic heterocycles. The predicted octanol–water partition coefficient (Wildman–Crippen LogP) is 1.40. The van der Waals surface area contributed by atoms with Crippen molar-refractivity contribution in [2.24, 2.45) is 0 Å². The van der Waals surface area contributed by atoms with Crippen LogP contribution < -0.4 is 0 Å². The van der Waals surface area contributed by atoms with Crippen molar-refractivity contribution in [2.75, 3.05) is 34.4 Å². The third-order valence-electron chi connectivity index (χ3n) is 1.65. The number of carbonyl (C=O) groups excluding carboxylic acids is 2. The predicted molar refractivity (Wildman–Crippen MR) is 71.2 cm³/mol. The molecule has 0 saturated heterocycles. The number of rotatable bonds is 5. The van der Waals surface area contributed by atoms with Gasteiger partial charge in [0.1, 0.15) is 6.61 Å². The highest BCUT2D eigenvalue weighted by Gasteiger charge is 2.01. The first kappa shape index (κ1) is 18.7. The molecular formula is C13H23NO4. The molecule has 0 atom stereocenters. The molecule has 0 saturated carbocycles. The Morgan fingerprint density at radius 3 is 1.72 bits per heavy atom. The second-order valence-corrected chi connectivity index (χ2v) is 3.99. The normalized spacial score (nSPS) is 9.00. The molecule has 0 aliphatic carbocycles. The van der Waals surface area contributed by atoms with E-state index in [-0.39, 0.29) is 11.9 Å². The van der Waals surface area contributed by atoms with Gasteiger partial charge < -0.3 is 14.4 Å². The Balaban J connectivity index is 0. The summed E-state index contributed by atoms with van der Waals surface area (Å²) >= 11 is 0. The van der Waals surface area contributed by atoms with Gasteiger partial charge in [0, 0.05) is 17.7 Å². The van der Waals surface area contributed by atoms with Crippen LogP contribution >= 0.6 is 0 Å². The number of ether oxygens (including phenoxy) is 2. The number of hydrogen-bond donors (Lipinski definition) is 0. The van der Waals surface area contributed by atoms with Crippen LogP contribution in [0.4, 0.5) is 0 Å². The van der Waals surface area contributed by atoms with E-state index in [4.69, 9.17) is 4.74 Å². The monoisotopic (exact) mass is 257 g/mol. The van der Waals surface area contributed by atoms with Gasteiger partial charge in [0.25, 0.3) is 0 Å². The molecule has 0 aromatic heterocycles. The molecule has 104 valence electrons. The van der Waals surface area contributed by atoms with Gasteiger partial charge in [0.2, 0.25) is 0 Å². The molecule has 0 unspecified atom stereocenters. The quantitative estimate of drug-likeness (QED) is 0.550. The first-order valence-corrected chi connectivity index (χ1v) is 5.43. The molecule has 0 heterocycles. The number of esters is 2. The summed E-state index contributed by atoms with van der Waals surface area (Å²) in [6.07, 6.45) is 0. The van der Waals surface area contributed by atoms with Crippen LogP contribution in [0.5, 0.6) is 0 Å². The highest BCUT2D eigenvalue weighted by molar-refractivity contribution is 5.87. The number of nitrogens with zero attached hydrogens (tertiary/aromatic N) is 1. The minimum absolute atomic E-state index is 0.313. The van der Waals surface area contributed by atoms with E-state index in [0.717, 1.165) is 6.54 Å². The summed E-state index contributed by atoms with van der Waals surface area (Å²) in [7, 11) is 5.18. The Morgan fingerprint density at radius 1 is 1.06 bits per heavy atom. The van der Waals surface area contributed by atoms with Crippen LogP contribution in [0.2, 0.25) is 0 Å². The van der Waals surface area contributed by atoms with Crippen molar-refractivity contribution in [2.45, 2.75) is 13.8 Å². The fraction of sp³-hybridized carbons (Fsp3) is 0.538. The molecule has 0 N–H and O–H groups in total. The van der Waals surface area contributed by atoms with Gasteiger partial charge in [-0.25, -0.2) is 9.59 Å². The number of carbonyl (C=O) groups is 2. The average molecular weight is 257 g/mol. The molecule has 0 amide bonds. The fourth-order valence-corrected chi connectivity index (χ4v) is 0.618. The molecule has 0 radical (unpaired) electrons. The van der Waals surface area contributed by atoms with E-state index in [2.05, 4.69) is 17.9 Å². The highest BCUT2D eigenvalue weighted by atomic mass is 16.5. The summed E-state index contributed by atoms with van der Waals surface area (Å²) in [6.45, 7) is 11.2. The molecule has 0 bridgehead atoms. The zero-order valence-corrected chi connectivity index (χ0v) is 11.9. The maximum atomic E-state index is 10.8. The largest absolute Gasteiger partial charge is 0.466 e. The second-order valence-electron chi connectivity index (χ2n) is 3.99. The fourth-order valence-electron chi connectivity index (χ4n) is 0.618. The third kappa shape index (κ3) is 12.4. The Labute approximate surface area is 109 Å². The van der Waals surface area contributed by atoms with Crippen molar-refractivity contribution in [1.82, 2.24) is 4.90 Å². The third-order valence-corrected chi connectivity index (χ3v) is 1.65. The van der Waals surface area contributed by atoms with Crippen LogP contribution in [0, 0.1) is 0 Å². The maximum Gasteiger partial charge on any atom is 0.333 e. The minimum atomic E-state index is -0.347. The summed E-state index contributed by atoms with van der Waals surface area (Å²) in [4.78, 5) is 22.9. The zero-order chi connectivity index (χ0) is 14.7. The number of likely N-dealkylation sites (N-methyl/N-ethyl adjacent to an activating group) is 1. The smallest absolute Gasteiger partial charge is 0.333 e. The summed E-state index contributed by atoms with van der Waals surface area (Å²) in [5.74, 6) is -0.660. The highest BCUT2D eigenvalue weighted by Crippen LogP contribution is 1.91. The zero-order valence-electron chi connectivity index (χ0n) is 11.9. The molecule has 18 heavy (non-hydrogen) atoms. The van der Waals surface area contributed by atoms with Crippen molar-refractivity contribution < 1.29 is 19.1 Å². The van der Waals surface area contributed by atoms with E-state index in [1.165, 1.54) is 7.11 Å². The molecule has 0 rings (SSSR count). The Morgan fingerprint density at radius 2 is 1.50 bits per heavy atom. The summed E-state index contributed by atoms with van der Waals surface area (Å²) in [6, 6.07) is 0. The van der Waals surface area contributed by atoms with Crippen molar-refractivity contribution >= 4 is 11.9 Å². The minimum Gasteiger partial charge on any atom is -0.466 e. The lowest BCUT2D eigenvalue weighted by molar-refractivity contribution is -0.139. The molecule has 0 aromatic rings. The molecular weight excluding hydrogens is 234 g/mol. The summed E-state index contributed by atoms with van der Waals surface area (Å²) in [5.41, 5.74) is 0.881. The van der Waals surface area contributed by atoms with Crippen LogP contribution in [-0.4, -0.2) is 51.2 Å². The molecule has 0 aromatic carbocycles. The lowest BCUT2D eigenvalue weighted by Crippen LogP contribution is -2.20. The van der Waals surface area contributed by atoms with Gasteiger partial charge in [-0.15, -0.1) is 0 Å². The van der Waals surface area contributed by atoms with Crippen LogP contribution in [0.3, 0.4) is 0 Å². The van der Waals surface area contributed by atoms with E-state index >= 15 is 0 Å². The van der Waals surface area contributed by atoms with Gasteiger partial charge in [-0.3, -0.25) is 0 Å². The summed E-state index contributed by atoms with van der Waals surface area (Å²) < 4.78 is 9.11. The first-order valence-electron chi connectivity index (χ1n) is 5.43. The maximum absolute atomic E-state index is 10.8. The number of hydrogen-bond acceptors (Lipinski definition) is 5. The second kappa shape index (κ2) is 10.5. The van der Waals surface area contributed by atoms with Crippen molar-refractivity contribution in [3.8, 4) is 0 Å². The van der Waals surface area contributed by atoms with Gasteiger partial charge in [0.05, 0.1) is 7.11 Å². The van der Waals surface area contributed by atoms with Gasteiger partial charge in [0.15, 0.2) is 0 Å². The Kier molecular flexibility index (Phi) is 11.0. The lowest BCUT2D eigenvalue weighted by Gasteiger charge is -2.09. The lowest BCUT2D eigenvalue weighted by atomic mass is 10.4. The summed E-state index contributed by atoms with van der Waals surface area (Å²) in [5, 5.41) is 0. The van der Waals surface area contributed by atoms with Crippen LogP contribution in [-0.2, 0) is 19.1 Å². The Hall–Kier alpha value is -1.62. The standard InChI is InChI=1S/C8H15NO2.C5H8O2/c1-7(2)8(10)11-6-5-9(3)4;1-4(2)5(6)7-3/h1,5-6H2,2-4H3;1H2,2-3H3. The van der Waals surface area contributed by atoms with Crippen LogP contribution in [0.1, 0.15) is 13.8 Å². The molecule has 0 aliphatic rings. The van der Waals surface area contributed by atoms with Gasteiger partial charge in [-0.1, -0.05) is 13.2 Å². The molecule has 5 nitrogen and oxygen atoms in total. The van der Waals surface area contributed by atoms with E-state index < -0.39 is 0 Å². The van der Waals surface area contributed by atoms with Gasteiger partial charge in [-0.2, -0.15) is 0 Å². The van der Waals surface area contributed by atoms with E-state index in [1.807, 2.05) is 19.0 Å². The number of methoxy groups -OCH3 is 1. The average Bonchev–Trinajstić information content (AvgIpc) is 2.27. The first-order chi connectivity index (χ1) is 8.22. The Bertz CT molecular complexity index is 308. The van der Waals surface area contributed by atoms with Gasteiger partial charge >= 0.3 is 11.9 Å². The molecule has 0 spiro atoms. The van der Waals surface area contributed by atoms with E-state index in [0.29, 0.717) is 17.8 Å².